The molecule has 5 nitrogen and oxygen atoms in total. The highest BCUT2D eigenvalue weighted by Gasteiger charge is 2.71. The van der Waals surface area contributed by atoms with Crippen LogP contribution in [0, 0.1) is 39.9 Å². The largest absolute Gasteiger partial charge is 0.458 e. The molecule has 4 saturated carbocycles. The Kier molecular flexibility index (Phi) is 8.00. The second kappa shape index (κ2) is 10.4. The van der Waals surface area contributed by atoms with Gasteiger partial charge in [-0.2, -0.15) is 0 Å². The summed E-state index contributed by atoms with van der Waals surface area (Å²) in [6.45, 7) is 14.4. The van der Waals surface area contributed by atoms with E-state index in [0.717, 1.165) is 36.8 Å². The molecular weight excluding hydrogens is 496 g/mol. The van der Waals surface area contributed by atoms with Crippen molar-refractivity contribution < 1.29 is 23.9 Å². The topological polar surface area (TPSA) is 77.5 Å². The molecule has 0 saturated heterocycles. The smallest absolute Gasteiger partial charge is 0.303 e. The molecule has 0 amide bonds. The first-order valence-corrected chi connectivity index (χ1v) is 15.6. The Balaban J connectivity index is 1.85. The second-order valence-corrected chi connectivity index (χ2v) is 14.2. The van der Waals surface area contributed by atoms with Crippen molar-refractivity contribution in [1.82, 2.24) is 0 Å². The molecule has 38 heavy (non-hydrogen) atoms. The van der Waals surface area contributed by atoms with Crippen molar-refractivity contribution in [3.63, 3.8) is 0 Å². The number of ketones is 2. The number of ether oxygens (including phenoxy) is 1. The summed E-state index contributed by atoms with van der Waals surface area (Å²) in [5, 5.41) is 0.0126. The van der Waals surface area contributed by atoms with E-state index in [1.807, 2.05) is 0 Å². The van der Waals surface area contributed by atoms with Crippen LogP contribution in [0.1, 0.15) is 99.8 Å². The van der Waals surface area contributed by atoms with Gasteiger partial charge in [-0.1, -0.05) is 51.1 Å². The summed E-state index contributed by atoms with van der Waals surface area (Å²) in [5.74, 6) is 0.216. The number of fused-ring (bicyclic) bond motifs is 5. The Morgan fingerprint density at radius 3 is 2.34 bits per heavy atom. The monoisotopic (exact) mass is 542 g/mol. The van der Waals surface area contributed by atoms with Gasteiger partial charge >= 0.3 is 5.97 Å². The molecule has 0 spiro atoms. The highest BCUT2D eigenvalue weighted by molar-refractivity contribution is 8.13. The first-order valence-electron chi connectivity index (χ1n) is 14.4. The lowest BCUT2D eigenvalue weighted by Crippen LogP contribution is -2.64. The molecule has 0 heterocycles. The molecule has 0 bridgehead atoms. The van der Waals surface area contributed by atoms with Gasteiger partial charge in [0.2, 0.25) is 5.12 Å². The van der Waals surface area contributed by atoms with Crippen LogP contribution in [0.5, 0.6) is 0 Å². The first-order chi connectivity index (χ1) is 17.7. The molecular formula is C32H46O5S. The molecule has 0 aromatic heterocycles. The maximum Gasteiger partial charge on any atom is 0.303 e. The fourth-order valence-corrected chi connectivity index (χ4v) is 9.86. The molecule has 4 rings (SSSR count). The molecule has 8 atom stereocenters. The summed E-state index contributed by atoms with van der Waals surface area (Å²) in [4.78, 5) is 52.6. The van der Waals surface area contributed by atoms with Crippen molar-refractivity contribution in [1.29, 1.82) is 0 Å². The van der Waals surface area contributed by atoms with Crippen molar-refractivity contribution in [2.45, 2.75) is 106 Å². The number of hydrogen-bond acceptors (Lipinski definition) is 6. The standard InChI is InChI=1S/C32H46O5S/c1-18(2)10-9-11-21(29(36)38-8)27-23-16-25(35)28-30(5)14-13-24(34)19(3)22(30)12-15-31(28,6)32(23,7)17-26(27)37-20(4)33/h10,19,22-23,26,28H,9,11-17H2,1-8H3/b27-21-/t19-,22-,23-,26-,28-,30-,31-,32-/m0/s1. The third-order valence-corrected chi connectivity index (χ3v) is 11.9. The summed E-state index contributed by atoms with van der Waals surface area (Å²) in [6.07, 6.45) is 8.91. The average molecular weight is 543 g/mol. The fraction of sp³-hybridized carbons (Fsp3) is 0.750. The van der Waals surface area contributed by atoms with Crippen molar-refractivity contribution in [3.8, 4) is 0 Å². The van der Waals surface area contributed by atoms with Crippen LogP contribution in [0.25, 0.3) is 0 Å². The zero-order valence-electron chi connectivity index (χ0n) is 24.6. The number of carbonyl (C=O) groups excluding carboxylic acids is 4. The summed E-state index contributed by atoms with van der Waals surface area (Å²) in [5.41, 5.74) is 2.04. The van der Waals surface area contributed by atoms with Crippen molar-refractivity contribution in [3.05, 3.63) is 22.8 Å². The van der Waals surface area contributed by atoms with Crippen molar-refractivity contribution >= 4 is 34.4 Å². The number of hydrogen-bond donors (Lipinski definition) is 0. The maximum absolute atomic E-state index is 14.3. The molecule has 0 aliphatic heterocycles. The van der Waals surface area contributed by atoms with Gasteiger partial charge in [0, 0.05) is 37.2 Å². The van der Waals surface area contributed by atoms with Gasteiger partial charge in [-0.05, 0) is 92.3 Å². The van der Waals surface area contributed by atoms with Crippen LogP contribution in [0.2, 0.25) is 0 Å². The average Bonchev–Trinajstić information content (AvgIpc) is 3.10. The first kappa shape index (κ1) is 29.3. The van der Waals surface area contributed by atoms with Gasteiger partial charge in [0.1, 0.15) is 17.7 Å². The summed E-state index contributed by atoms with van der Waals surface area (Å²) < 4.78 is 5.98. The van der Waals surface area contributed by atoms with Gasteiger partial charge in [-0.3, -0.25) is 19.2 Å². The molecule has 4 fully saturated rings. The van der Waals surface area contributed by atoms with E-state index in [0.29, 0.717) is 31.5 Å². The van der Waals surface area contributed by atoms with Gasteiger partial charge < -0.3 is 4.74 Å². The van der Waals surface area contributed by atoms with E-state index >= 15 is 0 Å². The highest BCUT2D eigenvalue weighted by Crippen LogP contribution is 2.73. The third-order valence-electron chi connectivity index (χ3n) is 11.3. The quantitative estimate of drug-likeness (QED) is 0.214. The lowest BCUT2D eigenvalue weighted by atomic mass is 9.37. The van der Waals surface area contributed by atoms with E-state index in [9.17, 15) is 19.2 Å². The SMILES string of the molecule is CSC(=O)/C(CCC=C(C)C)=C1\[C@@H](OC(C)=O)C[C@@]2(C)[C@H]1CC(=O)[C@H]1[C@@]3(C)CCC(=O)[C@@H](C)[C@@H]3CC[C@@]12C. The van der Waals surface area contributed by atoms with E-state index in [4.69, 9.17) is 4.74 Å². The molecule has 0 unspecified atom stereocenters. The molecule has 6 heteroatoms. The molecule has 210 valence electrons. The zero-order chi connectivity index (χ0) is 28.2. The fourth-order valence-electron chi connectivity index (χ4n) is 9.40. The van der Waals surface area contributed by atoms with Crippen LogP contribution in [0.3, 0.4) is 0 Å². The van der Waals surface area contributed by atoms with Crippen LogP contribution < -0.4 is 0 Å². The van der Waals surface area contributed by atoms with E-state index in [1.165, 1.54) is 24.3 Å². The molecule has 0 aromatic carbocycles. The summed E-state index contributed by atoms with van der Waals surface area (Å²) >= 11 is 1.20. The normalized spacial score (nSPS) is 41.5. The summed E-state index contributed by atoms with van der Waals surface area (Å²) in [6, 6.07) is 0. The van der Waals surface area contributed by atoms with E-state index < -0.39 is 6.10 Å². The maximum atomic E-state index is 14.3. The van der Waals surface area contributed by atoms with E-state index in [1.54, 1.807) is 6.26 Å². The lowest BCUT2D eigenvalue weighted by molar-refractivity contribution is -0.191. The second-order valence-electron chi connectivity index (χ2n) is 13.4. The zero-order valence-corrected chi connectivity index (χ0v) is 25.4. The van der Waals surface area contributed by atoms with Crippen LogP contribution in [0.15, 0.2) is 22.8 Å². The van der Waals surface area contributed by atoms with Crippen molar-refractivity contribution in [2.24, 2.45) is 39.9 Å². The van der Waals surface area contributed by atoms with E-state index in [-0.39, 0.29) is 56.8 Å². The number of allylic oxidation sites excluding steroid dienone is 2. The Labute approximate surface area is 233 Å². The van der Waals surface area contributed by atoms with Crippen LogP contribution in [-0.4, -0.2) is 35.0 Å². The molecule has 4 aliphatic rings. The van der Waals surface area contributed by atoms with Crippen LogP contribution in [-0.2, 0) is 23.9 Å². The Bertz CT molecular complexity index is 1100. The minimum atomic E-state index is -0.485. The molecule has 0 aromatic rings. The molecule has 4 aliphatic carbocycles. The minimum Gasteiger partial charge on any atom is -0.458 e. The third kappa shape index (κ3) is 4.47. The predicted molar refractivity (Wildman–Crippen MR) is 151 cm³/mol. The highest BCUT2D eigenvalue weighted by atomic mass is 32.2. The Morgan fingerprint density at radius 1 is 1.05 bits per heavy atom. The van der Waals surface area contributed by atoms with Crippen molar-refractivity contribution in [2.75, 3.05) is 6.26 Å². The molecule has 0 N–H and O–H groups in total. The van der Waals surface area contributed by atoms with Gasteiger partial charge in [-0.25, -0.2) is 0 Å². The van der Waals surface area contributed by atoms with Gasteiger partial charge in [-0.15, -0.1) is 0 Å². The number of esters is 1. The minimum absolute atomic E-state index is 0.00895. The van der Waals surface area contributed by atoms with E-state index in [2.05, 4.69) is 47.6 Å². The van der Waals surface area contributed by atoms with Crippen LogP contribution in [0.4, 0.5) is 0 Å². The molecule has 0 radical (unpaired) electrons. The van der Waals surface area contributed by atoms with Gasteiger partial charge in [0.05, 0.1) is 0 Å². The Hall–Kier alpha value is -1.69. The predicted octanol–water partition coefficient (Wildman–Crippen LogP) is 6.89. The number of Topliss-reactive ketones (excluding diaryl/α,β-unsaturated/α-hetero) is 2. The van der Waals surface area contributed by atoms with Gasteiger partial charge in [0.25, 0.3) is 0 Å². The number of thioether (sulfide) groups is 1. The lowest BCUT2D eigenvalue weighted by Gasteiger charge is -2.66. The number of carbonyl (C=O) groups is 4. The summed E-state index contributed by atoms with van der Waals surface area (Å²) in [7, 11) is 0. The van der Waals surface area contributed by atoms with Crippen LogP contribution >= 0.6 is 11.8 Å². The Morgan fingerprint density at radius 2 is 1.74 bits per heavy atom. The number of rotatable bonds is 5. The van der Waals surface area contributed by atoms with Gasteiger partial charge in [0.15, 0.2) is 0 Å².